The van der Waals surface area contributed by atoms with Crippen LogP contribution in [0.3, 0.4) is 0 Å². The zero-order chi connectivity index (χ0) is 9.10. The molecule has 0 aromatic carbocycles. The van der Waals surface area contributed by atoms with Crippen LogP contribution in [0.5, 0.6) is 0 Å². The number of nitrogens with zero attached hydrogens (tertiary/aromatic N) is 3. The number of anilines is 1. The molecule has 0 N–H and O–H groups in total. The van der Waals surface area contributed by atoms with Gasteiger partial charge in [-0.2, -0.15) is 0 Å². The van der Waals surface area contributed by atoms with Gasteiger partial charge in [-0.25, -0.2) is 9.97 Å². The van der Waals surface area contributed by atoms with E-state index in [2.05, 4.69) is 30.8 Å². The first-order valence-electron chi connectivity index (χ1n) is 4.52. The molecule has 1 atom stereocenters. The van der Waals surface area contributed by atoms with Gasteiger partial charge in [-0.05, 0) is 18.9 Å². The van der Waals surface area contributed by atoms with Crippen LogP contribution in [-0.2, 0) is 0 Å². The molecule has 1 fully saturated rings. The molecule has 1 aromatic rings. The van der Waals surface area contributed by atoms with Crippen LogP contribution in [0.1, 0.15) is 12.8 Å². The van der Waals surface area contributed by atoms with E-state index in [1.54, 1.807) is 12.4 Å². The average molecular weight is 242 g/mol. The van der Waals surface area contributed by atoms with E-state index < -0.39 is 0 Å². The summed E-state index contributed by atoms with van der Waals surface area (Å²) in [5, 5.41) is 0. The van der Waals surface area contributed by atoms with Crippen LogP contribution >= 0.6 is 15.9 Å². The Labute approximate surface area is 86.3 Å². The molecule has 0 saturated carbocycles. The third kappa shape index (κ3) is 2.18. The van der Waals surface area contributed by atoms with E-state index in [1.165, 1.54) is 12.8 Å². The maximum Gasteiger partial charge on any atom is 0.225 e. The first kappa shape index (κ1) is 8.94. The predicted octanol–water partition coefficient (Wildman–Crippen LogP) is 1.84. The van der Waals surface area contributed by atoms with Crippen molar-refractivity contribution >= 4 is 21.9 Å². The molecule has 13 heavy (non-hydrogen) atoms. The SMILES string of the molecule is BrC1CCCN(c2ncccn2)C1. The molecule has 1 unspecified atom stereocenters. The lowest BCUT2D eigenvalue weighted by molar-refractivity contribution is 0.585. The minimum absolute atomic E-state index is 0.588. The lowest BCUT2D eigenvalue weighted by Crippen LogP contribution is -2.36. The van der Waals surface area contributed by atoms with Crippen molar-refractivity contribution in [1.82, 2.24) is 9.97 Å². The zero-order valence-electron chi connectivity index (χ0n) is 7.36. The summed E-state index contributed by atoms with van der Waals surface area (Å²) in [4.78, 5) is 11.3. The molecule has 2 heterocycles. The number of hydrogen-bond acceptors (Lipinski definition) is 3. The van der Waals surface area contributed by atoms with Gasteiger partial charge < -0.3 is 4.90 Å². The topological polar surface area (TPSA) is 29.0 Å². The molecule has 1 aliphatic rings. The summed E-state index contributed by atoms with van der Waals surface area (Å²) in [7, 11) is 0. The third-order valence-electron chi connectivity index (χ3n) is 2.20. The summed E-state index contributed by atoms with van der Waals surface area (Å²) < 4.78 is 0. The van der Waals surface area contributed by atoms with Gasteiger partial charge in [0, 0.05) is 30.3 Å². The van der Waals surface area contributed by atoms with E-state index in [0.717, 1.165) is 19.0 Å². The molecule has 0 radical (unpaired) electrons. The van der Waals surface area contributed by atoms with E-state index in [4.69, 9.17) is 0 Å². The summed E-state index contributed by atoms with van der Waals surface area (Å²) >= 11 is 3.63. The van der Waals surface area contributed by atoms with Crippen molar-refractivity contribution in [2.24, 2.45) is 0 Å². The molecule has 0 amide bonds. The lowest BCUT2D eigenvalue weighted by atomic mass is 10.1. The van der Waals surface area contributed by atoms with Crippen molar-refractivity contribution in [1.29, 1.82) is 0 Å². The van der Waals surface area contributed by atoms with Crippen molar-refractivity contribution in [2.75, 3.05) is 18.0 Å². The summed E-state index contributed by atoms with van der Waals surface area (Å²) in [6, 6.07) is 1.85. The number of hydrogen-bond donors (Lipinski definition) is 0. The molecule has 1 aromatic heterocycles. The Morgan fingerprint density at radius 1 is 1.38 bits per heavy atom. The molecule has 1 saturated heterocycles. The second kappa shape index (κ2) is 4.05. The highest BCUT2D eigenvalue weighted by Crippen LogP contribution is 2.19. The minimum Gasteiger partial charge on any atom is -0.340 e. The first-order chi connectivity index (χ1) is 6.36. The van der Waals surface area contributed by atoms with Gasteiger partial charge in [0.25, 0.3) is 0 Å². The van der Waals surface area contributed by atoms with Crippen molar-refractivity contribution in [2.45, 2.75) is 17.7 Å². The molecule has 70 valence electrons. The van der Waals surface area contributed by atoms with Gasteiger partial charge in [0.1, 0.15) is 0 Å². The zero-order valence-corrected chi connectivity index (χ0v) is 8.94. The van der Waals surface area contributed by atoms with Crippen molar-refractivity contribution < 1.29 is 0 Å². The summed E-state index contributed by atoms with van der Waals surface area (Å²) in [6.07, 6.45) is 6.05. The molecule has 0 aliphatic carbocycles. The molecule has 1 aliphatic heterocycles. The van der Waals surface area contributed by atoms with E-state index in [0.29, 0.717) is 4.83 Å². The number of rotatable bonds is 1. The van der Waals surface area contributed by atoms with Crippen LogP contribution in [0.15, 0.2) is 18.5 Å². The maximum atomic E-state index is 4.23. The normalized spacial score (nSPS) is 23.2. The van der Waals surface area contributed by atoms with Gasteiger partial charge in [-0.3, -0.25) is 0 Å². The fourth-order valence-electron chi connectivity index (χ4n) is 1.56. The summed E-state index contributed by atoms with van der Waals surface area (Å²) in [5.74, 6) is 0.853. The number of alkyl halides is 1. The third-order valence-corrected chi connectivity index (χ3v) is 2.95. The molecule has 0 spiro atoms. The Kier molecular flexibility index (Phi) is 2.78. The van der Waals surface area contributed by atoms with Crippen LogP contribution in [0, 0.1) is 0 Å². The average Bonchev–Trinajstić information content (AvgIpc) is 2.19. The van der Waals surface area contributed by atoms with Crippen LogP contribution < -0.4 is 4.90 Å². The van der Waals surface area contributed by atoms with E-state index in [1.807, 2.05) is 6.07 Å². The second-order valence-corrected chi connectivity index (χ2v) is 4.53. The van der Waals surface area contributed by atoms with E-state index in [9.17, 15) is 0 Å². The minimum atomic E-state index is 0.588. The highest BCUT2D eigenvalue weighted by atomic mass is 79.9. The van der Waals surface area contributed by atoms with E-state index in [-0.39, 0.29) is 0 Å². The maximum absolute atomic E-state index is 4.23. The van der Waals surface area contributed by atoms with Crippen molar-refractivity contribution in [3.63, 3.8) is 0 Å². The van der Waals surface area contributed by atoms with Crippen LogP contribution in [0.2, 0.25) is 0 Å². The standard InChI is InChI=1S/C9H12BrN3/c10-8-3-1-6-13(7-8)9-11-4-2-5-12-9/h2,4-5,8H,1,3,6-7H2. The highest BCUT2D eigenvalue weighted by molar-refractivity contribution is 9.09. The van der Waals surface area contributed by atoms with Gasteiger partial charge >= 0.3 is 0 Å². The van der Waals surface area contributed by atoms with Gasteiger partial charge in [0.05, 0.1) is 0 Å². The van der Waals surface area contributed by atoms with Crippen LogP contribution in [0.4, 0.5) is 5.95 Å². The monoisotopic (exact) mass is 241 g/mol. The van der Waals surface area contributed by atoms with Gasteiger partial charge in [0.15, 0.2) is 0 Å². The van der Waals surface area contributed by atoms with Gasteiger partial charge in [-0.1, -0.05) is 15.9 Å². The Hall–Kier alpha value is -0.640. The fraction of sp³-hybridized carbons (Fsp3) is 0.556. The summed E-state index contributed by atoms with van der Waals surface area (Å²) in [5.41, 5.74) is 0. The lowest BCUT2D eigenvalue weighted by Gasteiger charge is -2.29. The first-order valence-corrected chi connectivity index (χ1v) is 5.44. The highest BCUT2D eigenvalue weighted by Gasteiger charge is 2.18. The van der Waals surface area contributed by atoms with Gasteiger partial charge in [0.2, 0.25) is 5.95 Å². The predicted molar refractivity (Wildman–Crippen MR) is 56.2 cm³/mol. The van der Waals surface area contributed by atoms with E-state index >= 15 is 0 Å². The Morgan fingerprint density at radius 2 is 2.15 bits per heavy atom. The molecular formula is C9H12BrN3. The Bertz CT molecular complexity index is 265. The number of halogens is 1. The molecular weight excluding hydrogens is 230 g/mol. The van der Waals surface area contributed by atoms with Crippen LogP contribution in [0.25, 0.3) is 0 Å². The quantitative estimate of drug-likeness (QED) is 0.703. The molecule has 4 heteroatoms. The Morgan fingerprint density at radius 3 is 2.85 bits per heavy atom. The summed E-state index contributed by atoms with van der Waals surface area (Å²) in [6.45, 7) is 2.09. The van der Waals surface area contributed by atoms with Gasteiger partial charge in [-0.15, -0.1) is 0 Å². The number of aromatic nitrogens is 2. The van der Waals surface area contributed by atoms with Crippen molar-refractivity contribution in [3.05, 3.63) is 18.5 Å². The molecule has 3 nitrogen and oxygen atoms in total. The fourth-order valence-corrected chi connectivity index (χ4v) is 2.23. The second-order valence-electron chi connectivity index (χ2n) is 3.23. The Balaban J connectivity index is 2.08. The number of piperidine rings is 1. The van der Waals surface area contributed by atoms with Crippen LogP contribution in [-0.4, -0.2) is 27.9 Å². The molecule has 2 rings (SSSR count). The molecule has 0 bridgehead atoms. The smallest absolute Gasteiger partial charge is 0.225 e. The largest absolute Gasteiger partial charge is 0.340 e. The van der Waals surface area contributed by atoms with Crippen molar-refractivity contribution in [3.8, 4) is 0 Å².